The third-order valence-corrected chi connectivity index (χ3v) is 5.92. The highest BCUT2D eigenvalue weighted by atomic mass is 32.2. The van der Waals surface area contributed by atoms with Crippen molar-refractivity contribution in [2.75, 3.05) is 37.8 Å². The van der Waals surface area contributed by atoms with Crippen LogP contribution in [-0.2, 0) is 19.8 Å². The molecule has 0 spiro atoms. The van der Waals surface area contributed by atoms with E-state index in [0.717, 1.165) is 4.31 Å². The maximum atomic E-state index is 12.5. The van der Waals surface area contributed by atoms with Gasteiger partial charge in [-0.15, -0.1) is 0 Å². The minimum Gasteiger partial charge on any atom is -0.326 e. The minimum atomic E-state index is -3.51. The molecule has 8 nitrogen and oxygen atoms in total. The quantitative estimate of drug-likeness (QED) is 0.813. The number of benzene rings is 1. The highest BCUT2D eigenvalue weighted by Gasteiger charge is 2.33. The number of carbonyl (C=O) groups is 2. The summed E-state index contributed by atoms with van der Waals surface area (Å²) in [5, 5.41) is 5.46. The summed E-state index contributed by atoms with van der Waals surface area (Å²) in [7, 11) is -0.546. The van der Waals surface area contributed by atoms with E-state index in [2.05, 4.69) is 10.6 Å². The smallest absolute Gasteiger partial charge is 0.281 e. The fraction of sp³-hybridized carbons (Fsp3) is 0.500. The van der Waals surface area contributed by atoms with Crippen LogP contribution in [0.4, 0.5) is 11.4 Å². The molecular formula is C16H24N4O4S. The van der Waals surface area contributed by atoms with E-state index in [1.54, 1.807) is 24.3 Å². The van der Waals surface area contributed by atoms with Crippen molar-refractivity contribution in [1.82, 2.24) is 8.61 Å². The zero-order chi connectivity index (χ0) is 18.6. The van der Waals surface area contributed by atoms with Crippen molar-refractivity contribution in [3.05, 3.63) is 24.3 Å². The normalized spacial score (nSPS) is 18.8. The number of rotatable bonds is 5. The van der Waals surface area contributed by atoms with Gasteiger partial charge < -0.3 is 10.6 Å². The lowest BCUT2D eigenvalue weighted by Gasteiger charge is -2.32. The Hall–Kier alpha value is -1.97. The minimum absolute atomic E-state index is 0.166. The van der Waals surface area contributed by atoms with E-state index in [-0.39, 0.29) is 18.4 Å². The number of nitrogens with one attached hydrogen (secondary N) is 2. The van der Waals surface area contributed by atoms with Crippen molar-refractivity contribution in [2.24, 2.45) is 5.92 Å². The van der Waals surface area contributed by atoms with Gasteiger partial charge in [0.15, 0.2) is 0 Å². The van der Waals surface area contributed by atoms with Crippen LogP contribution in [0.1, 0.15) is 19.8 Å². The van der Waals surface area contributed by atoms with Crippen LogP contribution in [-0.4, -0.2) is 56.0 Å². The topological polar surface area (TPSA) is 98.8 Å². The summed E-state index contributed by atoms with van der Waals surface area (Å²) in [6.45, 7) is 2.03. The Morgan fingerprint density at radius 1 is 1.12 bits per heavy atom. The molecule has 2 rings (SSSR count). The number of nitrogens with zero attached hydrogens (tertiary/aromatic N) is 2. The van der Waals surface area contributed by atoms with Gasteiger partial charge in [0.25, 0.3) is 10.2 Å². The number of piperidine rings is 1. The lowest BCUT2D eigenvalue weighted by Crippen LogP contribution is -2.47. The largest absolute Gasteiger partial charge is 0.326 e. The van der Waals surface area contributed by atoms with Gasteiger partial charge in [-0.25, -0.2) is 0 Å². The number of anilines is 2. The molecule has 1 aliphatic rings. The van der Waals surface area contributed by atoms with Gasteiger partial charge in [0, 0.05) is 45.5 Å². The number of amides is 2. The van der Waals surface area contributed by atoms with Crippen molar-refractivity contribution in [1.29, 1.82) is 0 Å². The second-order valence-electron chi connectivity index (χ2n) is 6.24. The molecule has 25 heavy (non-hydrogen) atoms. The molecule has 9 heteroatoms. The average molecular weight is 368 g/mol. The van der Waals surface area contributed by atoms with E-state index in [4.69, 9.17) is 0 Å². The van der Waals surface area contributed by atoms with E-state index >= 15 is 0 Å². The molecule has 1 aromatic rings. The second-order valence-corrected chi connectivity index (χ2v) is 8.38. The SMILES string of the molecule is CC(=O)Nc1ccc(NC(=O)[C@@H]2CCCN(S(=O)(=O)N(C)C)C2)cc1. The van der Waals surface area contributed by atoms with Gasteiger partial charge in [-0.3, -0.25) is 9.59 Å². The summed E-state index contributed by atoms with van der Waals surface area (Å²) in [6.07, 6.45) is 1.29. The Kier molecular flexibility index (Phi) is 6.15. The Bertz CT molecular complexity index is 731. The molecule has 138 valence electrons. The van der Waals surface area contributed by atoms with Crippen LogP contribution in [0.15, 0.2) is 24.3 Å². The molecule has 0 unspecified atom stereocenters. The van der Waals surface area contributed by atoms with Gasteiger partial charge in [0.05, 0.1) is 5.92 Å². The Morgan fingerprint density at radius 2 is 1.68 bits per heavy atom. The molecule has 0 aromatic heterocycles. The van der Waals surface area contributed by atoms with Crippen molar-refractivity contribution >= 4 is 33.4 Å². The van der Waals surface area contributed by atoms with Crippen LogP contribution in [0, 0.1) is 5.92 Å². The van der Waals surface area contributed by atoms with Gasteiger partial charge in [-0.1, -0.05) is 0 Å². The monoisotopic (exact) mass is 368 g/mol. The molecule has 0 radical (unpaired) electrons. The zero-order valence-electron chi connectivity index (χ0n) is 14.7. The molecule has 1 aromatic carbocycles. The molecule has 0 aliphatic carbocycles. The van der Waals surface area contributed by atoms with E-state index in [9.17, 15) is 18.0 Å². The van der Waals surface area contributed by atoms with Crippen LogP contribution in [0.25, 0.3) is 0 Å². The number of hydrogen-bond donors (Lipinski definition) is 2. The molecule has 1 fully saturated rings. The average Bonchev–Trinajstić information content (AvgIpc) is 2.56. The van der Waals surface area contributed by atoms with Crippen molar-refractivity contribution in [3.63, 3.8) is 0 Å². The summed E-state index contributed by atoms with van der Waals surface area (Å²) < 4.78 is 27.0. The molecule has 1 atom stereocenters. The molecule has 1 aliphatic heterocycles. The first kappa shape index (κ1) is 19.4. The molecule has 0 saturated carbocycles. The van der Waals surface area contributed by atoms with Crippen LogP contribution in [0.2, 0.25) is 0 Å². The number of hydrogen-bond acceptors (Lipinski definition) is 4. The molecule has 2 amide bonds. The molecule has 1 heterocycles. The van der Waals surface area contributed by atoms with Crippen LogP contribution < -0.4 is 10.6 Å². The Morgan fingerprint density at radius 3 is 2.20 bits per heavy atom. The molecule has 2 N–H and O–H groups in total. The zero-order valence-corrected chi connectivity index (χ0v) is 15.5. The first-order valence-electron chi connectivity index (χ1n) is 8.06. The first-order chi connectivity index (χ1) is 11.7. The Labute approximate surface area is 148 Å². The third kappa shape index (κ3) is 5.00. The van der Waals surface area contributed by atoms with E-state index < -0.39 is 16.1 Å². The summed E-state index contributed by atoms with van der Waals surface area (Å²) in [4.78, 5) is 23.5. The maximum Gasteiger partial charge on any atom is 0.281 e. The van der Waals surface area contributed by atoms with Gasteiger partial charge in [-0.05, 0) is 37.1 Å². The lowest BCUT2D eigenvalue weighted by molar-refractivity contribution is -0.121. The van der Waals surface area contributed by atoms with Crippen molar-refractivity contribution in [2.45, 2.75) is 19.8 Å². The summed E-state index contributed by atoms with van der Waals surface area (Å²) >= 11 is 0. The predicted molar refractivity (Wildman–Crippen MR) is 96.3 cm³/mol. The molecule has 1 saturated heterocycles. The summed E-state index contributed by atoms with van der Waals surface area (Å²) in [6, 6.07) is 6.78. The highest BCUT2D eigenvalue weighted by Crippen LogP contribution is 2.22. The second kappa shape index (κ2) is 7.94. The fourth-order valence-electron chi connectivity index (χ4n) is 2.68. The maximum absolute atomic E-state index is 12.5. The Balaban J connectivity index is 1.99. The number of carbonyl (C=O) groups excluding carboxylic acids is 2. The van der Waals surface area contributed by atoms with Gasteiger partial charge in [-0.2, -0.15) is 17.0 Å². The van der Waals surface area contributed by atoms with Gasteiger partial charge in [0.1, 0.15) is 0 Å². The van der Waals surface area contributed by atoms with E-state index in [1.165, 1.54) is 25.3 Å². The van der Waals surface area contributed by atoms with Crippen LogP contribution in [0.3, 0.4) is 0 Å². The van der Waals surface area contributed by atoms with Gasteiger partial charge in [0.2, 0.25) is 11.8 Å². The fourth-order valence-corrected chi connectivity index (χ4v) is 3.87. The molecular weight excluding hydrogens is 344 g/mol. The standard InChI is InChI=1S/C16H24N4O4S/c1-12(21)17-14-6-8-15(9-7-14)18-16(22)13-5-4-10-20(11-13)25(23,24)19(2)3/h6-9,13H,4-5,10-11H2,1-3H3,(H,17,21)(H,18,22)/t13-/m1/s1. The highest BCUT2D eigenvalue weighted by molar-refractivity contribution is 7.86. The van der Waals surface area contributed by atoms with Crippen LogP contribution in [0.5, 0.6) is 0 Å². The third-order valence-electron chi connectivity index (χ3n) is 4.02. The first-order valence-corrected chi connectivity index (χ1v) is 9.46. The van der Waals surface area contributed by atoms with Gasteiger partial charge >= 0.3 is 0 Å². The van der Waals surface area contributed by atoms with Crippen molar-refractivity contribution < 1.29 is 18.0 Å². The molecule has 0 bridgehead atoms. The van der Waals surface area contributed by atoms with Crippen LogP contribution >= 0.6 is 0 Å². The predicted octanol–water partition coefficient (Wildman–Crippen LogP) is 1.10. The van der Waals surface area contributed by atoms with E-state index in [1.807, 2.05) is 0 Å². The van der Waals surface area contributed by atoms with Crippen molar-refractivity contribution in [3.8, 4) is 0 Å². The van der Waals surface area contributed by atoms with E-state index in [0.29, 0.717) is 30.8 Å². The summed E-state index contributed by atoms with van der Waals surface area (Å²) in [5.74, 6) is -0.759. The lowest BCUT2D eigenvalue weighted by atomic mass is 9.98. The summed E-state index contributed by atoms with van der Waals surface area (Å²) in [5.41, 5.74) is 1.25.